The largest absolute Gasteiger partial charge is 0.368 e. The van der Waals surface area contributed by atoms with Crippen molar-refractivity contribution in [2.75, 3.05) is 23.3 Å². The van der Waals surface area contributed by atoms with Gasteiger partial charge in [-0.2, -0.15) is 10.2 Å². The summed E-state index contributed by atoms with van der Waals surface area (Å²) < 4.78 is 16.3. The zero-order chi connectivity index (χ0) is 21.0. The minimum absolute atomic E-state index is 0.328. The van der Waals surface area contributed by atoms with Gasteiger partial charge >= 0.3 is 0 Å². The second kappa shape index (κ2) is 7.14. The highest BCUT2D eigenvalue weighted by Crippen LogP contribution is 2.36. The van der Waals surface area contributed by atoms with Crippen molar-refractivity contribution in [2.45, 2.75) is 25.9 Å². The van der Waals surface area contributed by atoms with Crippen LogP contribution in [0.3, 0.4) is 0 Å². The Hall–Kier alpha value is -2.84. The number of aryl methyl sites for hydroxylation is 1. The van der Waals surface area contributed by atoms with Crippen molar-refractivity contribution in [3.05, 3.63) is 41.3 Å². The minimum atomic E-state index is -0.395. The Balaban J connectivity index is 1.50. The number of aromatic nitrogens is 4. The molecule has 9 heteroatoms. The fourth-order valence-corrected chi connectivity index (χ4v) is 4.60. The summed E-state index contributed by atoms with van der Waals surface area (Å²) >= 11 is 6.66. The molecule has 0 amide bonds. The normalized spacial score (nSPS) is 19.7. The molecule has 3 heterocycles. The Kier molecular flexibility index (Phi) is 4.56. The summed E-state index contributed by atoms with van der Waals surface area (Å²) in [5, 5.41) is 20.4. The molecular weight excluding hydrogens is 405 g/mol. The van der Waals surface area contributed by atoms with Crippen LogP contribution in [-0.4, -0.2) is 45.2 Å². The number of hydrogen-bond acceptors (Lipinski definition) is 5. The van der Waals surface area contributed by atoms with Crippen molar-refractivity contribution < 1.29 is 4.39 Å². The predicted octanol–water partition coefficient (Wildman–Crippen LogP) is 4.17. The molecule has 2 atom stereocenters. The second-order valence-corrected chi connectivity index (χ2v) is 8.52. The molecule has 2 aromatic carbocycles. The van der Waals surface area contributed by atoms with Gasteiger partial charge in [0.05, 0.1) is 27.1 Å². The Morgan fingerprint density at radius 1 is 1.17 bits per heavy atom. The van der Waals surface area contributed by atoms with Crippen molar-refractivity contribution in [1.29, 1.82) is 0 Å². The van der Waals surface area contributed by atoms with Gasteiger partial charge in [0, 0.05) is 55.6 Å². The standard InChI is InChI=1S/C21H23ClFN7/c1-11-8-30(9-12(2)24-11)14-5-15(22)20-19(6-14)26-27-21(20)25-18-4-13-10-29(3)28-17(13)7-16(18)23/h4-7,10-12,24H,8-9H2,1-3H3,(H2,25,26,27)/t11-,12-/m0/s1. The highest BCUT2D eigenvalue weighted by atomic mass is 35.5. The van der Waals surface area contributed by atoms with Gasteiger partial charge in [0.25, 0.3) is 0 Å². The van der Waals surface area contributed by atoms with E-state index >= 15 is 0 Å². The number of piperazine rings is 1. The van der Waals surface area contributed by atoms with E-state index in [-0.39, 0.29) is 0 Å². The first kappa shape index (κ1) is 19.1. The summed E-state index contributed by atoms with van der Waals surface area (Å²) in [6.07, 6.45) is 1.84. The van der Waals surface area contributed by atoms with Crippen LogP contribution in [0.5, 0.6) is 0 Å². The number of fused-ring (bicyclic) bond motifs is 2. The fraction of sp³-hybridized carbons (Fsp3) is 0.333. The number of nitrogens with one attached hydrogen (secondary N) is 3. The molecule has 0 spiro atoms. The SMILES string of the molecule is C[C@H]1CN(c2cc(Cl)c3c(Nc4cc5cn(C)nc5cc4F)n[nH]c3c2)C[C@H](C)N1. The van der Waals surface area contributed by atoms with E-state index in [0.29, 0.717) is 34.1 Å². The van der Waals surface area contributed by atoms with Crippen molar-refractivity contribution in [3.8, 4) is 0 Å². The van der Waals surface area contributed by atoms with Gasteiger partial charge in [0.15, 0.2) is 5.82 Å². The smallest absolute Gasteiger partial charge is 0.161 e. The van der Waals surface area contributed by atoms with E-state index in [1.165, 1.54) is 6.07 Å². The highest BCUT2D eigenvalue weighted by molar-refractivity contribution is 6.36. The monoisotopic (exact) mass is 427 g/mol. The van der Waals surface area contributed by atoms with Crippen molar-refractivity contribution in [2.24, 2.45) is 7.05 Å². The summed E-state index contributed by atoms with van der Waals surface area (Å²) in [4.78, 5) is 2.32. The summed E-state index contributed by atoms with van der Waals surface area (Å²) in [5.74, 6) is 0.0969. The maximum atomic E-state index is 14.6. The molecular formula is C21H23ClFN7. The number of hydrogen-bond donors (Lipinski definition) is 3. The summed E-state index contributed by atoms with van der Waals surface area (Å²) in [6, 6.07) is 7.93. The van der Waals surface area contributed by atoms with Gasteiger partial charge in [0.1, 0.15) is 5.82 Å². The van der Waals surface area contributed by atoms with Crippen LogP contribution in [0, 0.1) is 5.82 Å². The zero-order valence-corrected chi connectivity index (χ0v) is 17.8. The van der Waals surface area contributed by atoms with Gasteiger partial charge in [-0.25, -0.2) is 4.39 Å². The molecule has 4 aromatic rings. The number of rotatable bonds is 3. The van der Waals surface area contributed by atoms with Gasteiger partial charge in [-0.1, -0.05) is 11.6 Å². The Labute approximate surface area is 178 Å². The van der Waals surface area contributed by atoms with Crippen molar-refractivity contribution in [3.63, 3.8) is 0 Å². The van der Waals surface area contributed by atoms with Gasteiger partial charge < -0.3 is 15.5 Å². The quantitative estimate of drug-likeness (QED) is 0.457. The van der Waals surface area contributed by atoms with Crippen LogP contribution in [0.15, 0.2) is 30.5 Å². The van der Waals surface area contributed by atoms with Crippen LogP contribution in [0.25, 0.3) is 21.8 Å². The average molecular weight is 428 g/mol. The molecule has 1 aliphatic heterocycles. The van der Waals surface area contributed by atoms with E-state index in [2.05, 4.69) is 44.7 Å². The minimum Gasteiger partial charge on any atom is -0.368 e. The van der Waals surface area contributed by atoms with Gasteiger partial charge in [-0.15, -0.1) is 0 Å². The fourth-order valence-electron chi connectivity index (χ4n) is 4.30. The van der Waals surface area contributed by atoms with E-state index in [9.17, 15) is 4.39 Å². The lowest BCUT2D eigenvalue weighted by Crippen LogP contribution is -2.54. The molecule has 0 radical (unpaired) electrons. The molecule has 0 saturated carbocycles. The maximum absolute atomic E-state index is 14.6. The van der Waals surface area contributed by atoms with Crippen LogP contribution in [-0.2, 0) is 7.05 Å². The highest BCUT2D eigenvalue weighted by Gasteiger charge is 2.23. The average Bonchev–Trinajstić information content (AvgIpc) is 3.24. The third kappa shape index (κ3) is 3.36. The van der Waals surface area contributed by atoms with Gasteiger partial charge in [0.2, 0.25) is 0 Å². The van der Waals surface area contributed by atoms with Crippen LogP contribution in [0.4, 0.5) is 21.6 Å². The summed E-state index contributed by atoms with van der Waals surface area (Å²) in [6.45, 7) is 6.16. The summed E-state index contributed by atoms with van der Waals surface area (Å²) in [7, 11) is 1.81. The Bertz CT molecular complexity index is 1240. The number of nitrogens with zero attached hydrogens (tertiary/aromatic N) is 4. The molecule has 30 heavy (non-hydrogen) atoms. The second-order valence-electron chi connectivity index (χ2n) is 8.11. The van der Waals surface area contributed by atoms with Crippen LogP contribution in [0.1, 0.15) is 13.8 Å². The topological polar surface area (TPSA) is 73.8 Å². The van der Waals surface area contributed by atoms with Crippen LogP contribution >= 0.6 is 11.6 Å². The number of aromatic amines is 1. The number of anilines is 3. The third-order valence-corrected chi connectivity index (χ3v) is 5.78. The Morgan fingerprint density at radius 3 is 2.70 bits per heavy atom. The van der Waals surface area contributed by atoms with Crippen LogP contribution in [0.2, 0.25) is 5.02 Å². The molecule has 156 valence electrons. The molecule has 0 aliphatic carbocycles. The molecule has 0 unspecified atom stereocenters. The van der Waals surface area contributed by atoms with E-state index in [1.54, 1.807) is 10.7 Å². The number of halogens is 2. The molecule has 7 nitrogen and oxygen atoms in total. The lowest BCUT2D eigenvalue weighted by atomic mass is 10.1. The molecule has 5 rings (SSSR count). The van der Waals surface area contributed by atoms with E-state index in [0.717, 1.165) is 35.1 Å². The van der Waals surface area contributed by atoms with Crippen molar-refractivity contribution >= 4 is 50.6 Å². The predicted molar refractivity (Wildman–Crippen MR) is 119 cm³/mol. The zero-order valence-electron chi connectivity index (χ0n) is 17.0. The van der Waals surface area contributed by atoms with E-state index < -0.39 is 5.82 Å². The third-order valence-electron chi connectivity index (χ3n) is 5.48. The lowest BCUT2D eigenvalue weighted by Gasteiger charge is -2.37. The van der Waals surface area contributed by atoms with Crippen LogP contribution < -0.4 is 15.5 Å². The molecule has 2 aromatic heterocycles. The lowest BCUT2D eigenvalue weighted by molar-refractivity contribution is 0.407. The van der Waals surface area contributed by atoms with Gasteiger partial charge in [-0.3, -0.25) is 9.78 Å². The van der Waals surface area contributed by atoms with Gasteiger partial charge in [-0.05, 0) is 32.0 Å². The number of benzene rings is 2. The molecule has 0 bridgehead atoms. The first-order chi connectivity index (χ1) is 14.4. The maximum Gasteiger partial charge on any atom is 0.161 e. The van der Waals surface area contributed by atoms with E-state index in [1.807, 2.05) is 25.4 Å². The summed E-state index contributed by atoms with van der Waals surface area (Å²) in [5.41, 5.74) is 2.79. The Morgan fingerprint density at radius 2 is 1.93 bits per heavy atom. The first-order valence-electron chi connectivity index (χ1n) is 9.96. The van der Waals surface area contributed by atoms with Crippen molar-refractivity contribution in [1.82, 2.24) is 25.3 Å². The number of H-pyrrole nitrogens is 1. The first-order valence-corrected chi connectivity index (χ1v) is 10.3. The molecule has 3 N–H and O–H groups in total. The van der Waals surface area contributed by atoms with E-state index in [4.69, 9.17) is 11.6 Å². The molecule has 1 aliphatic rings. The molecule has 1 fully saturated rings. The molecule has 1 saturated heterocycles.